The maximum atomic E-state index is 11.5. The highest BCUT2D eigenvalue weighted by molar-refractivity contribution is 5.76. The molecule has 1 aromatic carbocycles. The largest absolute Gasteiger partial charge is 0.491 e. The molecule has 4 nitrogen and oxygen atoms in total. The normalized spacial score (nSPS) is 14.2. The van der Waals surface area contributed by atoms with Gasteiger partial charge in [0.1, 0.15) is 5.75 Å². The summed E-state index contributed by atoms with van der Waals surface area (Å²) in [6.07, 6.45) is 3.95. The Morgan fingerprint density at radius 2 is 2.10 bits per heavy atom. The molecule has 2 rings (SSSR count). The summed E-state index contributed by atoms with van der Waals surface area (Å²) in [5, 5.41) is 6.39. The standard InChI is InChI=1S/C17H26N2O2/c1-13(2)21-16-7-4-3-6-14(16)12-18-11-5-8-17(20)19-15-9-10-15/h3-4,6-7,13,15,18H,5,8-12H2,1-2H3,(H,19,20). The first kappa shape index (κ1) is 15.8. The molecule has 0 aromatic heterocycles. The van der Waals surface area contributed by atoms with Gasteiger partial charge in [-0.1, -0.05) is 18.2 Å². The van der Waals surface area contributed by atoms with Gasteiger partial charge >= 0.3 is 0 Å². The van der Waals surface area contributed by atoms with Crippen molar-refractivity contribution in [1.29, 1.82) is 0 Å². The van der Waals surface area contributed by atoms with Gasteiger partial charge < -0.3 is 15.4 Å². The molecular weight excluding hydrogens is 264 g/mol. The van der Waals surface area contributed by atoms with E-state index in [0.29, 0.717) is 12.5 Å². The van der Waals surface area contributed by atoms with Crippen LogP contribution in [-0.2, 0) is 11.3 Å². The summed E-state index contributed by atoms with van der Waals surface area (Å²) in [7, 11) is 0. The number of carbonyl (C=O) groups is 1. The van der Waals surface area contributed by atoms with E-state index in [1.165, 1.54) is 0 Å². The predicted octanol–water partition coefficient (Wildman–Crippen LogP) is 2.62. The van der Waals surface area contributed by atoms with E-state index in [-0.39, 0.29) is 12.0 Å². The highest BCUT2D eigenvalue weighted by atomic mass is 16.5. The van der Waals surface area contributed by atoms with Crippen LogP contribution in [0.4, 0.5) is 0 Å². The van der Waals surface area contributed by atoms with Crippen molar-refractivity contribution >= 4 is 5.91 Å². The fraction of sp³-hybridized carbons (Fsp3) is 0.588. The van der Waals surface area contributed by atoms with E-state index >= 15 is 0 Å². The molecule has 0 saturated heterocycles. The van der Waals surface area contributed by atoms with Crippen LogP contribution < -0.4 is 15.4 Å². The number of ether oxygens (including phenoxy) is 1. The van der Waals surface area contributed by atoms with Crippen LogP contribution in [0.15, 0.2) is 24.3 Å². The number of carbonyl (C=O) groups excluding carboxylic acids is 1. The first-order chi connectivity index (χ1) is 10.1. The van der Waals surface area contributed by atoms with Gasteiger partial charge in [-0.3, -0.25) is 4.79 Å². The Bertz CT molecular complexity index is 456. The van der Waals surface area contributed by atoms with Gasteiger partial charge in [0.2, 0.25) is 5.91 Å². The van der Waals surface area contributed by atoms with Gasteiger partial charge in [0, 0.05) is 24.6 Å². The minimum Gasteiger partial charge on any atom is -0.491 e. The third-order valence-corrected chi connectivity index (χ3v) is 3.35. The molecule has 1 fully saturated rings. The zero-order valence-corrected chi connectivity index (χ0v) is 13.0. The van der Waals surface area contributed by atoms with Crippen LogP contribution in [0.5, 0.6) is 5.75 Å². The highest BCUT2D eigenvalue weighted by Gasteiger charge is 2.22. The van der Waals surface area contributed by atoms with E-state index in [0.717, 1.165) is 43.7 Å². The summed E-state index contributed by atoms with van der Waals surface area (Å²) in [4.78, 5) is 11.5. The molecule has 0 spiro atoms. The molecule has 0 aliphatic heterocycles. The van der Waals surface area contributed by atoms with E-state index in [9.17, 15) is 4.79 Å². The van der Waals surface area contributed by atoms with Crippen molar-refractivity contribution < 1.29 is 9.53 Å². The summed E-state index contributed by atoms with van der Waals surface area (Å²) < 4.78 is 5.79. The molecule has 0 radical (unpaired) electrons. The Labute approximate surface area is 127 Å². The molecule has 1 aliphatic carbocycles. The summed E-state index contributed by atoms with van der Waals surface area (Å²) in [6, 6.07) is 8.55. The number of hydrogen-bond acceptors (Lipinski definition) is 3. The fourth-order valence-corrected chi connectivity index (χ4v) is 2.14. The van der Waals surface area contributed by atoms with Crippen LogP contribution in [0.2, 0.25) is 0 Å². The monoisotopic (exact) mass is 290 g/mol. The number of nitrogens with one attached hydrogen (secondary N) is 2. The Balaban J connectivity index is 1.64. The lowest BCUT2D eigenvalue weighted by molar-refractivity contribution is -0.121. The lowest BCUT2D eigenvalue weighted by Crippen LogP contribution is -2.26. The van der Waals surface area contributed by atoms with Crippen molar-refractivity contribution in [2.45, 2.75) is 58.2 Å². The Hall–Kier alpha value is -1.55. The molecule has 21 heavy (non-hydrogen) atoms. The second-order valence-electron chi connectivity index (χ2n) is 5.90. The average Bonchev–Trinajstić information content (AvgIpc) is 3.23. The van der Waals surface area contributed by atoms with Gasteiger partial charge in [-0.2, -0.15) is 0 Å². The summed E-state index contributed by atoms with van der Waals surface area (Å²) in [6.45, 7) is 5.67. The van der Waals surface area contributed by atoms with Crippen LogP contribution in [0.25, 0.3) is 0 Å². The molecular formula is C17H26N2O2. The van der Waals surface area contributed by atoms with E-state index in [1.807, 2.05) is 32.0 Å². The minimum absolute atomic E-state index is 0.178. The number of benzene rings is 1. The SMILES string of the molecule is CC(C)Oc1ccccc1CNCCCC(=O)NC1CC1. The van der Waals surface area contributed by atoms with Crippen molar-refractivity contribution in [2.75, 3.05) is 6.54 Å². The first-order valence-corrected chi connectivity index (χ1v) is 7.90. The first-order valence-electron chi connectivity index (χ1n) is 7.90. The quantitative estimate of drug-likeness (QED) is 0.687. The van der Waals surface area contributed by atoms with Gasteiger partial charge in [0.05, 0.1) is 6.10 Å². The lowest BCUT2D eigenvalue weighted by Gasteiger charge is -2.14. The topological polar surface area (TPSA) is 50.4 Å². The smallest absolute Gasteiger partial charge is 0.220 e. The van der Waals surface area contributed by atoms with E-state index < -0.39 is 0 Å². The summed E-state index contributed by atoms with van der Waals surface area (Å²) >= 11 is 0. The third kappa shape index (κ3) is 6.17. The zero-order chi connectivity index (χ0) is 15.1. The maximum absolute atomic E-state index is 11.5. The van der Waals surface area contributed by atoms with Gasteiger partial charge in [0.25, 0.3) is 0 Å². The third-order valence-electron chi connectivity index (χ3n) is 3.35. The number of hydrogen-bond donors (Lipinski definition) is 2. The lowest BCUT2D eigenvalue weighted by atomic mass is 10.2. The number of amides is 1. The van der Waals surface area contributed by atoms with Gasteiger partial charge in [-0.05, 0) is 45.7 Å². The average molecular weight is 290 g/mol. The van der Waals surface area contributed by atoms with Crippen LogP contribution in [0.3, 0.4) is 0 Å². The Morgan fingerprint density at radius 1 is 1.33 bits per heavy atom. The fourth-order valence-electron chi connectivity index (χ4n) is 2.14. The second-order valence-corrected chi connectivity index (χ2v) is 5.90. The zero-order valence-electron chi connectivity index (χ0n) is 13.0. The molecule has 1 aromatic rings. The molecule has 116 valence electrons. The van der Waals surface area contributed by atoms with Crippen LogP contribution in [0, 0.1) is 0 Å². The Kier molecular flexibility index (Phi) is 6.05. The molecule has 1 aliphatic rings. The predicted molar refractivity (Wildman–Crippen MR) is 84.3 cm³/mol. The van der Waals surface area contributed by atoms with Crippen molar-refractivity contribution in [2.24, 2.45) is 0 Å². The van der Waals surface area contributed by atoms with Crippen LogP contribution in [0.1, 0.15) is 45.1 Å². The summed E-state index contributed by atoms with van der Waals surface area (Å²) in [5.74, 6) is 1.12. The van der Waals surface area contributed by atoms with Crippen molar-refractivity contribution in [1.82, 2.24) is 10.6 Å². The van der Waals surface area contributed by atoms with Crippen LogP contribution >= 0.6 is 0 Å². The van der Waals surface area contributed by atoms with E-state index in [4.69, 9.17) is 4.74 Å². The molecule has 0 unspecified atom stereocenters. The molecule has 0 atom stereocenters. The highest BCUT2D eigenvalue weighted by Crippen LogP contribution is 2.19. The molecule has 0 bridgehead atoms. The van der Waals surface area contributed by atoms with Gasteiger partial charge in [-0.25, -0.2) is 0 Å². The minimum atomic E-state index is 0.178. The number of rotatable bonds is 9. The molecule has 1 saturated carbocycles. The maximum Gasteiger partial charge on any atom is 0.220 e. The summed E-state index contributed by atoms with van der Waals surface area (Å²) in [5.41, 5.74) is 1.16. The molecule has 4 heteroatoms. The van der Waals surface area contributed by atoms with Crippen molar-refractivity contribution in [3.05, 3.63) is 29.8 Å². The van der Waals surface area contributed by atoms with Gasteiger partial charge in [-0.15, -0.1) is 0 Å². The second kappa shape index (κ2) is 8.03. The van der Waals surface area contributed by atoms with Crippen molar-refractivity contribution in [3.8, 4) is 5.75 Å². The van der Waals surface area contributed by atoms with E-state index in [2.05, 4.69) is 16.7 Å². The molecule has 1 amide bonds. The van der Waals surface area contributed by atoms with Crippen LogP contribution in [-0.4, -0.2) is 24.6 Å². The molecule has 2 N–H and O–H groups in total. The number of para-hydroxylation sites is 1. The van der Waals surface area contributed by atoms with E-state index in [1.54, 1.807) is 0 Å². The Morgan fingerprint density at radius 3 is 2.81 bits per heavy atom. The molecule has 0 heterocycles. The van der Waals surface area contributed by atoms with Gasteiger partial charge in [0.15, 0.2) is 0 Å². The van der Waals surface area contributed by atoms with Crippen molar-refractivity contribution in [3.63, 3.8) is 0 Å².